The molecule has 1 aromatic heterocycles. The van der Waals surface area contributed by atoms with Crippen molar-refractivity contribution >= 4 is 22.8 Å². The maximum Gasteiger partial charge on any atom is 0.309 e. The van der Waals surface area contributed by atoms with Crippen LogP contribution in [0.3, 0.4) is 0 Å². The van der Waals surface area contributed by atoms with Gasteiger partial charge in [-0.25, -0.2) is 0 Å². The normalized spacial score (nSPS) is 27.4. The Balaban J connectivity index is 1.08. The number of furan rings is 1. The van der Waals surface area contributed by atoms with Crippen LogP contribution in [0.2, 0.25) is 0 Å². The van der Waals surface area contributed by atoms with Gasteiger partial charge < -0.3 is 19.8 Å². The Morgan fingerprint density at radius 3 is 2.47 bits per heavy atom. The van der Waals surface area contributed by atoms with Crippen LogP contribution in [0.25, 0.3) is 11.0 Å². The molecule has 0 bridgehead atoms. The van der Waals surface area contributed by atoms with Crippen molar-refractivity contribution in [3.05, 3.63) is 36.1 Å². The first-order valence-corrected chi connectivity index (χ1v) is 12.3. The number of primary amides is 1. The van der Waals surface area contributed by atoms with Gasteiger partial charge in [0.15, 0.2) is 5.60 Å². The highest BCUT2D eigenvalue weighted by atomic mass is 16.6. The second-order valence-electron chi connectivity index (χ2n) is 10.1. The molecule has 1 amide bonds. The van der Waals surface area contributed by atoms with Crippen LogP contribution in [-0.2, 0) is 14.3 Å². The van der Waals surface area contributed by atoms with Crippen molar-refractivity contribution in [2.24, 2.45) is 17.6 Å². The van der Waals surface area contributed by atoms with E-state index in [0.29, 0.717) is 24.7 Å². The van der Waals surface area contributed by atoms with Crippen LogP contribution >= 0.6 is 0 Å². The first kappa shape index (κ1) is 21.5. The molecule has 0 spiro atoms. The lowest BCUT2D eigenvalue weighted by Gasteiger charge is -2.38. The van der Waals surface area contributed by atoms with E-state index in [1.54, 1.807) is 0 Å². The van der Waals surface area contributed by atoms with Crippen LogP contribution in [0.1, 0.15) is 69.3 Å². The molecule has 172 valence electrons. The number of amides is 1. The number of likely N-dealkylation sites (tertiary alicyclic amines) is 1. The van der Waals surface area contributed by atoms with Gasteiger partial charge in [0.05, 0.1) is 12.2 Å². The third kappa shape index (κ3) is 4.42. The standard InChI is InChI=1S/C26H34N2O4/c27-25(30)26(32-24(29)20-5-6-20)12-7-18(8-13-26)9-14-28-15-10-19(11-16-28)22-17-31-23-4-2-1-3-21(22)23/h1-4,17-20H,5-16H2,(H2,27,30). The number of nitrogens with zero attached hydrogens (tertiary/aromatic N) is 1. The van der Waals surface area contributed by atoms with Crippen LogP contribution in [-0.4, -0.2) is 42.0 Å². The van der Waals surface area contributed by atoms with Crippen molar-refractivity contribution in [3.63, 3.8) is 0 Å². The first-order chi connectivity index (χ1) is 15.5. The zero-order chi connectivity index (χ0) is 22.1. The van der Waals surface area contributed by atoms with Crippen molar-refractivity contribution in [1.82, 2.24) is 4.90 Å². The number of para-hydroxylation sites is 1. The topological polar surface area (TPSA) is 85.8 Å². The second kappa shape index (κ2) is 8.89. The summed E-state index contributed by atoms with van der Waals surface area (Å²) in [6.45, 7) is 3.32. The van der Waals surface area contributed by atoms with Gasteiger partial charge in [-0.1, -0.05) is 18.2 Å². The van der Waals surface area contributed by atoms with E-state index >= 15 is 0 Å². The highest BCUT2D eigenvalue weighted by Gasteiger charge is 2.46. The maximum absolute atomic E-state index is 12.1. The number of nitrogens with two attached hydrogens (primary N) is 1. The van der Waals surface area contributed by atoms with Gasteiger partial charge in [0.1, 0.15) is 5.58 Å². The van der Waals surface area contributed by atoms with Crippen LogP contribution in [0, 0.1) is 11.8 Å². The van der Waals surface area contributed by atoms with E-state index in [2.05, 4.69) is 17.0 Å². The smallest absolute Gasteiger partial charge is 0.309 e. The summed E-state index contributed by atoms with van der Waals surface area (Å²) in [5.74, 6) is 0.431. The maximum atomic E-state index is 12.1. The summed E-state index contributed by atoms with van der Waals surface area (Å²) in [5, 5.41) is 1.26. The van der Waals surface area contributed by atoms with Crippen LogP contribution < -0.4 is 5.73 Å². The Morgan fingerprint density at radius 1 is 1.06 bits per heavy atom. The number of hydrogen-bond donors (Lipinski definition) is 1. The summed E-state index contributed by atoms with van der Waals surface area (Å²) in [4.78, 5) is 26.8. The van der Waals surface area contributed by atoms with Crippen molar-refractivity contribution < 1.29 is 18.7 Å². The average molecular weight is 439 g/mol. The van der Waals surface area contributed by atoms with Gasteiger partial charge in [-0.3, -0.25) is 9.59 Å². The fourth-order valence-corrected chi connectivity index (χ4v) is 5.57. The summed E-state index contributed by atoms with van der Waals surface area (Å²) in [6.07, 6.45) is 10.1. The van der Waals surface area contributed by atoms with E-state index in [-0.39, 0.29) is 11.9 Å². The van der Waals surface area contributed by atoms with Gasteiger partial charge in [-0.15, -0.1) is 0 Å². The van der Waals surface area contributed by atoms with Gasteiger partial charge in [0.25, 0.3) is 5.91 Å². The van der Waals surface area contributed by atoms with Gasteiger partial charge in [-0.05, 0) is 95.3 Å². The number of esters is 1. The lowest BCUT2D eigenvalue weighted by Crippen LogP contribution is -2.50. The Labute approximate surface area is 189 Å². The number of carbonyl (C=O) groups is 2. The van der Waals surface area contributed by atoms with Crippen molar-refractivity contribution in [2.75, 3.05) is 19.6 Å². The van der Waals surface area contributed by atoms with Crippen molar-refractivity contribution in [2.45, 2.75) is 69.3 Å². The van der Waals surface area contributed by atoms with E-state index in [1.807, 2.05) is 18.4 Å². The van der Waals surface area contributed by atoms with E-state index in [1.165, 1.54) is 10.9 Å². The monoisotopic (exact) mass is 438 g/mol. The predicted octanol–water partition coefficient (Wildman–Crippen LogP) is 4.37. The molecule has 1 aromatic carbocycles. The number of benzene rings is 1. The Hall–Kier alpha value is -2.34. The van der Waals surface area contributed by atoms with E-state index in [0.717, 1.165) is 70.2 Å². The molecule has 3 fully saturated rings. The largest absolute Gasteiger partial charge is 0.464 e. The zero-order valence-electron chi connectivity index (χ0n) is 18.8. The second-order valence-corrected chi connectivity index (χ2v) is 10.1. The molecule has 0 unspecified atom stereocenters. The van der Waals surface area contributed by atoms with Crippen LogP contribution in [0.15, 0.2) is 34.9 Å². The number of rotatable bonds is 7. The number of hydrogen-bond acceptors (Lipinski definition) is 5. The Morgan fingerprint density at radius 2 is 1.78 bits per heavy atom. The van der Waals surface area contributed by atoms with Crippen LogP contribution in [0.4, 0.5) is 0 Å². The highest BCUT2D eigenvalue weighted by Crippen LogP contribution is 2.40. The molecule has 6 heteroatoms. The molecule has 2 aromatic rings. The van der Waals surface area contributed by atoms with Gasteiger partial charge >= 0.3 is 5.97 Å². The summed E-state index contributed by atoms with van der Waals surface area (Å²) in [7, 11) is 0. The SMILES string of the molecule is NC(=O)C1(OC(=O)C2CC2)CCC(CCN2CCC(c3coc4ccccc34)CC2)CC1. The summed E-state index contributed by atoms with van der Waals surface area (Å²) in [6, 6.07) is 8.31. The fourth-order valence-electron chi connectivity index (χ4n) is 5.57. The minimum Gasteiger partial charge on any atom is -0.464 e. The quantitative estimate of drug-likeness (QED) is 0.649. The third-order valence-corrected chi connectivity index (χ3v) is 7.96. The highest BCUT2D eigenvalue weighted by molar-refractivity contribution is 5.87. The van der Waals surface area contributed by atoms with E-state index < -0.39 is 11.5 Å². The Bertz CT molecular complexity index is 963. The Kier molecular flexibility index (Phi) is 5.97. The lowest BCUT2D eigenvalue weighted by molar-refractivity contribution is -0.173. The molecule has 2 N–H and O–H groups in total. The molecule has 2 aliphatic carbocycles. The van der Waals surface area contributed by atoms with E-state index in [9.17, 15) is 9.59 Å². The number of fused-ring (bicyclic) bond motifs is 1. The minimum absolute atomic E-state index is 0.00749. The molecular weight excluding hydrogens is 404 g/mol. The molecule has 6 nitrogen and oxygen atoms in total. The average Bonchev–Trinajstić information content (AvgIpc) is 3.58. The molecule has 2 heterocycles. The summed E-state index contributed by atoms with van der Waals surface area (Å²) in [5.41, 5.74) is 6.94. The van der Waals surface area contributed by atoms with Crippen LogP contribution in [0.5, 0.6) is 0 Å². The molecule has 1 saturated heterocycles. The van der Waals surface area contributed by atoms with Gasteiger partial charge in [0, 0.05) is 10.9 Å². The minimum atomic E-state index is -1.07. The van der Waals surface area contributed by atoms with Crippen molar-refractivity contribution in [3.8, 4) is 0 Å². The molecule has 0 atom stereocenters. The summed E-state index contributed by atoms with van der Waals surface area (Å²) >= 11 is 0. The molecule has 3 aliphatic rings. The molecule has 32 heavy (non-hydrogen) atoms. The molecule has 5 rings (SSSR count). The number of piperidine rings is 1. The lowest BCUT2D eigenvalue weighted by atomic mass is 9.77. The first-order valence-electron chi connectivity index (χ1n) is 12.3. The predicted molar refractivity (Wildman–Crippen MR) is 122 cm³/mol. The zero-order valence-corrected chi connectivity index (χ0v) is 18.8. The molecule has 0 radical (unpaired) electrons. The van der Waals surface area contributed by atoms with E-state index in [4.69, 9.17) is 14.9 Å². The van der Waals surface area contributed by atoms with Gasteiger partial charge in [0.2, 0.25) is 0 Å². The molecule has 1 aliphatic heterocycles. The summed E-state index contributed by atoms with van der Waals surface area (Å²) < 4.78 is 11.4. The number of ether oxygens (including phenoxy) is 1. The molecular formula is C26H34N2O4. The fraction of sp³-hybridized carbons (Fsp3) is 0.615. The van der Waals surface area contributed by atoms with Gasteiger partial charge in [-0.2, -0.15) is 0 Å². The molecule has 2 saturated carbocycles. The number of carbonyl (C=O) groups excluding carboxylic acids is 2. The third-order valence-electron chi connectivity index (χ3n) is 7.96. The van der Waals surface area contributed by atoms with Crippen molar-refractivity contribution in [1.29, 1.82) is 0 Å².